The summed E-state index contributed by atoms with van der Waals surface area (Å²) >= 11 is 0. The van der Waals surface area contributed by atoms with Gasteiger partial charge in [0.2, 0.25) is 0 Å². The number of carboxylic acid groups (broad SMARTS) is 1. The largest absolute Gasteiger partial charge is 0.480 e. The van der Waals surface area contributed by atoms with Gasteiger partial charge in [-0.3, -0.25) is 0 Å². The van der Waals surface area contributed by atoms with Crippen molar-refractivity contribution in [3.8, 4) is 0 Å². The van der Waals surface area contributed by atoms with Crippen molar-refractivity contribution in [3.05, 3.63) is 0 Å². The van der Waals surface area contributed by atoms with Gasteiger partial charge in [-0.1, -0.05) is 0 Å². The normalized spacial score (nSPS) is 22.7. The highest BCUT2D eigenvalue weighted by atomic mass is 16.4. The first kappa shape index (κ1) is 17.7. The van der Waals surface area contributed by atoms with E-state index in [-0.39, 0.29) is 18.6 Å². The monoisotopic (exact) mass is 301 g/mol. The summed E-state index contributed by atoms with van der Waals surface area (Å²) in [6, 6.07) is -0.422. The Bertz CT molecular complexity index is 398. The second-order valence-electron chi connectivity index (χ2n) is 6.35. The van der Waals surface area contributed by atoms with Gasteiger partial charge in [-0.05, 0) is 41.3 Å². The molecule has 2 atom stereocenters. The second-order valence-corrected chi connectivity index (χ2v) is 6.35. The summed E-state index contributed by atoms with van der Waals surface area (Å²) in [7, 11) is 3.82. The quantitative estimate of drug-likeness (QED) is 0.762. The second kappa shape index (κ2) is 6.62. The van der Waals surface area contributed by atoms with E-state index in [1.165, 1.54) is 18.7 Å². The lowest BCUT2D eigenvalue weighted by molar-refractivity contribution is -0.147. The Kier molecular flexibility index (Phi) is 5.58. The van der Waals surface area contributed by atoms with Crippen LogP contribution in [0.5, 0.6) is 0 Å². The van der Waals surface area contributed by atoms with Crippen LogP contribution in [0.15, 0.2) is 0 Å². The molecule has 7 heteroatoms. The van der Waals surface area contributed by atoms with Crippen molar-refractivity contribution in [2.45, 2.75) is 44.9 Å². The Morgan fingerprint density at radius 2 is 1.90 bits per heavy atom. The van der Waals surface area contributed by atoms with E-state index in [9.17, 15) is 19.8 Å². The van der Waals surface area contributed by atoms with Crippen LogP contribution in [0.25, 0.3) is 0 Å². The number of β-amino-alcohol motifs (C(OH)–C–C–N with tert-alkyl or cyclic N) is 1. The molecule has 0 saturated carbocycles. The zero-order valence-electron chi connectivity index (χ0n) is 13.5. The average Bonchev–Trinajstić information content (AvgIpc) is 2.69. The number of carbonyl (C=O) groups excluding carboxylic acids is 1. The zero-order chi connectivity index (χ0) is 16.4. The SMILES string of the molecule is CCN(C(=O)N1CC(O)CC1CN(C)C)C(C)(C)C(=O)O. The number of hydrogen-bond donors (Lipinski definition) is 2. The molecule has 0 aromatic rings. The molecule has 2 N–H and O–H groups in total. The molecule has 21 heavy (non-hydrogen) atoms. The van der Waals surface area contributed by atoms with Gasteiger partial charge in [-0.25, -0.2) is 9.59 Å². The summed E-state index contributed by atoms with van der Waals surface area (Å²) in [5, 5.41) is 19.2. The first-order valence-corrected chi connectivity index (χ1v) is 7.25. The molecular weight excluding hydrogens is 274 g/mol. The van der Waals surface area contributed by atoms with Crippen molar-refractivity contribution in [1.82, 2.24) is 14.7 Å². The van der Waals surface area contributed by atoms with Gasteiger partial charge >= 0.3 is 12.0 Å². The Morgan fingerprint density at radius 3 is 2.33 bits per heavy atom. The maximum absolute atomic E-state index is 12.7. The minimum absolute atomic E-state index is 0.0962. The number of amides is 2. The molecule has 0 aromatic carbocycles. The van der Waals surface area contributed by atoms with Crippen molar-refractivity contribution in [1.29, 1.82) is 0 Å². The molecule has 0 aliphatic carbocycles. The Labute approximate surface area is 126 Å². The van der Waals surface area contributed by atoms with Crippen LogP contribution < -0.4 is 0 Å². The highest BCUT2D eigenvalue weighted by Gasteiger charge is 2.43. The van der Waals surface area contributed by atoms with E-state index in [0.717, 1.165) is 0 Å². The van der Waals surface area contributed by atoms with Crippen LogP contribution in [0, 0.1) is 0 Å². The maximum atomic E-state index is 12.7. The molecule has 2 unspecified atom stereocenters. The van der Waals surface area contributed by atoms with Gasteiger partial charge in [0.15, 0.2) is 0 Å². The highest BCUT2D eigenvalue weighted by molar-refractivity contribution is 5.86. The fraction of sp³-hybridized carbons (Fsp3) is 0.857. The van der Waals surface area contributed by atoms with Crippen molar-refractivity contribution in [2.75, 3.05) is 33.7 Å². The van der Waals surface area contributed by atoms with Crippen LogP contribution in [0.1, 0.15) is 27.2 Å². The fourth-order valence-electron chi connectivity index (χ4n) is 2.76. The number of hydrogen-bond acceptors (Lipinski definition) is 4. The maximum Gasteiger partial charge on any atom is 0.329 e. The molecule has 1 aliphatic rings. The molecule has 0 radical (unpaired) electrons. The number of urea groups is 1. The fourth-order valence-corrected chi connectivity index (χ4v) is 2.76. The first-order chi connectivity index (χ1) is 9.61. The van der Waals surface area contributed by atoms with E-state index >= 15 is 0 Å². The van der Waals surface area contributed by atoms with E-state index < -0.39 is 17.6 Å². The lowest BCUT2D eigenvalue weighted by atomic mass is 10.0. The summed E-state index contributed by atoms with van der Waals surface area (Å²) in [5.74, 6) is -1.04. The molecule has 1 saturated heterocycles. The third kappa shape index (κ3) is 3.85. The summed E-state index contributed by atoms with van der Waals surface area (Å²) in [6.07, 6.45) is -0.0276. The number of carboxylic acids is 1. The van der Waals surface area contributed by atoms with Crippen LogP contribution in [0.2, 0.25) is 0 Å². The molecule has 1 aliphatic heterocycles. The number of likely N-dealkylation sites (tertiary alicyclic amines) is 1. The highest BCUT2D eigenvalue weighted by Crippen LogP contribution is 2.24. The molecule has 1 rings (SSSR count). The molecule has 2 amide bonds. The minimum atomic E-state index is -1.28. The number of aliphatic hydroxyl groups is 1. The summed E-state index contributed by atoms with van der Waals surface area (Å²) in [6.45, 7) is 6.00. The molecule has 122 valence electrons. The predicted octanol–water partition coefficient (Wildman–Crippen LogP) is 0.288. The van der Waals surface area contributed by atoms with Crippen LogP contribution in [-0.2, 0) is 4.79 Å². The Hall–Kier alpha value is -1.34. The zero-order valence-corrected chi connectivity index (χ0v) is 13.5. The van der Waals surface area contributed by atoms with Gasteiger partial charge in [0.25, 0.3) is 0 Å². The third-order valence-electron chi connectivity index (χ3n) is 3.96. The number of carbonyl (C=O) groups is 2. The molecular formula is C14H27N3O4. The van der Waals surface area contributed by atoms with Gasteiger partial charge in [-0.2, -0.15) is 0 Å². The molecule has 7 nitrogen and oxygen atoms in total. The number of likely N-dealkylation sites (N-methyl/N-ethyl adjacent to an activating group) is 2. The number of rotatable bonds is 5. The van der Waals surface area contributed by atoms with Crippen LogP contribution in [0.3, 0.4) is 0 Å². The summed E-state index contributed by atoms with van der Waals surface area (Å²) in [5.41, 5.74) is -1.28. The molecule has 1 fully saturated rings. The van der Waals surface area contributed by atoms with Crippen molar-refractivity contribution < 1.29 is 19.8 Å². The Balaban J connectivity index is 2.95. The molecule has 0 aromatic heterocycles. The topological polar surface area (TPSA) is 84.3 Å². The van der Waals surface area contributed by atoms with Gasteiger partial charge < -0.3 is 24.9 Å². The van der Waals surface area contributed by atoms with Crippen molar-refractivity contribution >= 4 is 12.0 Å². The van der Waals surface area contributed by atoms with Gasteiger partial charge in [0.05, 0.1) is 6.10 Å². The number of aliphatic carboxylic acids is 1. The van der Waals surface area contributed by atoms with Crippen LogP contribution in [-0.4, -0.2) is 88.3 Å². The van der Waals surface area contributed by atoms with Gasteiger partial charge in [0, 0.05) is 25.7 Å². The predicted molar refractivity (Wildman–Crippen MR) is 79.2 cm³/mol. The van der Waals surface area contributed by atoms with E-state index in [4.69, 9.17) is 0 Å². The molecule has 0 bridgehead atoms. The smallest absolute Gasteiger partial charge is 0.329 e. The number of nitrogens with zero attached hydrogens (tertiary/aromatic N) is 3. The van der Waals surface area contributed by atoms with E-state index in [1.54, 1.807) is 11.8 Å². The minimum Gasteiger partial charge on any atom is -0.480 e. The van der Waals surface area contributed by atoms with Crippen molar-refractivity contribution in [3.63, 3.8) is 0 Å². The third-order valence-corrected chi connectivity index (χ3v) is 3.96. The summed E-state index contributed by atoms with van der Waals surface area (Å²) in [4.78, 5) is 29.0. The van der Waals surface area contributed by atoms with E-state index in [1.807, 2.05) is 19.0 Å². The van der Waals surface area contributed by atoms with E-state index in [0.29, 0.717) is 19.5 Å². The van der Waals surface area contributed by atoms with Crippen LogP contribution >= 0.6 is 0 Å². The lowest BCUT2D eigenvalue weighted by Crippen LogP contribution is -2.58. The van der Waals surface area contributed by atoms with Crippen molar-refractivity contribution in [2.24, 2.45) is 0 Å². The lowest BCUT2D eigenvalue weighted by Gasteiger charge is -2.39. The van der Waals surface area contributed by atoms with E-state index in [2.05, 4.69) is 0 Å². The molecule has 1 heterocycles. The molecule has 0 spiro atoms. The van der Waals surface area contributed by atoms with Gasteiger partial charge in [-0.15, -0.1) is 0 Å². The number of aliphatic hydroxyl groups excluding tert-OH is 1. The first-order valence-electron chi connectivity index (χ1n) is 7.25. The van der Waals surface area contributed by atoms with Crippen LogP contribution in [0.4, 0.5) is 4.79 Å². The standard InChI is InChI=1S/C14H27N3O4/c1-6-17(14(2,3)12(19)20)13(21)16-9-11(18)7-10(16)8-15(4)5/h10-11,18H,6-9H2,1-5H3,(H,19,20). The Morgan fingerprint density at radius 1 is 1.33 bits per heavy atom. The van der Waals surface area contributed by atoms with Gasteiger partial charge in [0.1, 0.15) is 5.54 Å². The average molecular weight is 301 g/mol. The summed E-state index contributed by atoms with van der Waals surface area (Å²) < 4.78 is 0.